The second kappa shape index (κ2) is 6.84. The molecule has 0 aliphatic carbocycles. The van der Waals surface area contributed by atoms with Crippen LogP contribution in [-0.2, 0) is 4.74 Å². The minimum absolute atomic E-state index is 0.517. The quantitative estimate of drug-likeness (QED) is 0.527. The van der Waals surface area contributed by atoms with Crippen LogP contribution in [0.4, 0.5) is 10.5 Å². The number of amides is 1. The number of nitrogens with zero attached hydrogens (tertiary/aromatic N) is 4. The first kappa shape index (κ1) is 18.9. The van der Waals surface area contributed by atoms with E-state index < -0.39 is 11.7 Å². The highest BCUT2D eigenvalue weighted by atomic mass is 16.6. The second-order valence-electron chi connectivity index (χ2n) is 8.04. The van der Waals surface area contributed by atoms with Crippen LogP contribution in [-0.4, -0.2) is 31.3 Å². The maximum absolute atomic E-state index is 12.2. The molecule has 0 saturated heterocycles. The number of carbonyl (C=O) groups is 1. The van der Waals surface area contributed by atoms with Gasteiger partial charge in [-0.15, -0.1) is 10.2 Å². The lowest BCUT2D eigenvalue weighted by Crippen LogP contribution is -2.27. The Bertz CT molecular complexity index is 1240. The fourth-order valence-corrected chi connectivity index (χ4v) is 3.14. The van der Waals surface area contributed by atoms with Crippen molar-refractivity contribution in [2.45, 2.75) is 40.2 Å². The third-order valence-corrected chi connectivity index (χ3v) is 4.68. The van der Waals surface area contributed by atoms with Crippen LogP contribution in [0.2, 0.25) is 0 Å². The van der Waals surface area contributed by atoms with Crippen molar-refractivity contribution in [3.05, 3.63) is 53.7 Å². The SMILES string of the molecule is Cc1ccn2c(-c3ccc4cccc(NC(=O)OC(C)(C)C)c4n3)nnc2c1C. The molecular formula is C22H23N5O2. The molecule has 0 saturated carbocycles. The van der Waals surface area contributed by atoms with Crippen LogP contribution in [0.1, 0.15) is 31.9 Å². The number of benzene rings is 1. The zero-order chi connectivity index (χ0) is 20.8. The van der Waals surface area contributed by atoms with Gasteiger partial charge in [-0.2, -0.15) is 0 Å². The standard InChI is InChI=1S/C22H23N5O2/c1-13-11-12-27-19(14(13)2)25-26-20(27)17-10-9-15-7-6-8-16(18(15)23-17)24-21(28)29-22(3,4)5/h6-12H,1-5H3,(H,24,28). The van der Waals surface area contributed by atoms with Gasteiger partial charge < -0.3 is 4.74 Å². The lowest BCUT2D eigenvalue weighted by molar-refractivity contribution is 0.0636. The fraction of sp³-hybridized carbons (Fsp3) is 0.273. The summed E-state index contributed by atoms with van der Waals surface area (Å²) >= 11 is 0. The number of para-hydroxylation sites is 1. The molecule has 7 nitrogen and oxygen atoms in total. The summed E-state index contributed by atoms with van der Waals surface area (Å²) < 4.78 is 7.30. The summed E-state index contributed by atoms with van der Waals surface area (Å²) in [6, 6.07) is 11.5. The van der Waals surface area contributed by atoms with Crippen LogP contribution >= 0.6 is 0 Å². The third-order valence-electron chi connectivity index (χ3n) is 4.68. The molecule has 0 spiro atoms. The van der Waals surface area contributed by atoms with Crippen molar-refractivity contribution < 1.29 is 9.53 Å². The number of ether oxygens (including phenoxy) is 1. The van der Waals surface area contributed by atoms with Crippen molar-refractivity contribution in [1.82, 2.24) is 19.6 Å². The summed E-state index contributed by atoms with van der Waals surface area (Å²) in [5.74, 6) is 0.650. The normalized spacial score (nSPS) is 11.8. The number of fused-ring (bicyclic) bond motifs is 2. The number of nitrogens with one attached hydrogen (secondary N) is 1. The van der Waals surface area contributed by atoms with Gasteiger partial charge in [-0.1, -0.05) is 18.2 Å². The smallest absolute Gasteiger partial charge is 0.412 e. The molecule has 0 radical (unpaired) electrons. The Hall–Kier alpha value is -3.48. The van der Waals surface area contributed by atoms with Crippen molar-refractivity contribution in [1.29, 1.82) is 0 Å². The van der Waals surface area contributed by atoms with Gasteiger partial charge in [-0.05, 0) is 63.9 Å². The lowest BCUT2D eigenvalue weighted by Gasteiger charge is -2.20. The molecule has 148 valence electrons. The van der Waals surface area contributed by atoms with E-state index in [-0.39, 0.29) is 0 Å². The Morgan fingerprint density at radius 3 is 2.62 bits per heavy atom. The van der Waals surface area contributed by atoms with Crippen molar-refractivity contribution in [2.75, 3.05) is 5.32 Å². The zero-order valence-electron chi connectivity index (χ0n) is 17.1. The van der Waals surface area contributed by atoms with Gasteiger partial charge in [0, 0.05) is 11.6 Å². The van der Waals surface area contributed by atoms with E-state index in [1.165, 1.54) is 0 Å². The Morgan fingerprint density at radius 2 is 1.86 bits per heavy atom. The molecule has 4 aromatic rings. The van der Waals surface area contributed by atoms with Gasteiger partial charge in [-0.3, -0.25) is 9.72 Å². The molecule has 3 aromatic heterocycles. The van der Waals surface area contributed by atoms with Gasteiger partial charge in [0.15, 0.2) is 11.5 Å². The van der Waals surface area contributed by atoms with E-state index in [1.54, 1.807) is 6.07 Å². The number of hydrogen-bond donors (Lipinski definition) is 1. The maximum Gasteiger partial charge on any atom is 0.412 e. The topological polar surface area (TPSA) is 81.4 Å². The largest absolute Gasteiger partial charge is 0.444 e. The van der Waals surface area contributed by atoms with Crippen molar-refractivity contribution in [3.8, 4) is 11.5 Å². The molecule has 1 N–H and O–H groups in total. The van der Waals surface area contributed by atoms with Crippen molar-refractivity contribution >= 4 is 28.3 Å². The van der Waals surface area contributed by atoms with Gasteiger partial charge in [0.05, 0.1) is 11.2 Å². The minimum atomic E-state index is -0.580. The number of rotatable bonds is 2. The predicted octanol–water partition coefficient (Wildman–Crippen LogP) is 4.91. The van der Waals surface area contributed by atoms with E-state index in [2.05, 4.69) is 15.5 Å². The number of aryl methyl sites for hydroxylation is 2. The van der Waals surface area contributed by atoms with Crippen molar-refractivity contribution in [3.63, 3.8) is 0 Å². The first-order valence-electron chi connectivity index (χ1n) is 9.44. The van der Waals surface area contributed by atoms with Gasteiger partial charge >= 0.3 is 6.09 Å². The lowest BCUT2D eigenvalue weighted by atomic mass is 10.1. The summed E-state index contributed by atoms with van der Waals surface area (Å²) in [5.41, 5.74) is 4.39. The average molecular weight is 389 g/mol. The van der Waals surface area contributed by atoms with Crippen LogP contribution in [0.5, 0.6) is 0 Å². The summed E-state index contributed by atoms with van der Waals surface area (Å²) in [4.78, 5) is 17.0. The van der Waals surface area contributed by atoms with Gasteiger partial charge in [0.2, 0.25) is 0 Å². The molecule has 0 bridgehead atoms. The Balaban J connectivity index is 1.78. The van der Waals surface area contributed by atoms with E-state index in [4.69, 9.17) is 9.72 Å². The number of hydrogen-bond acceptors (Lipinski definition) is 5. The molecule has 0 aliphatic heterocycles. The van der Waals surface area contributed by atoms with E-state index in [0.717, 1.165) is 22.2 Å². The summed E-state index contributed by atoms with van der Waals surface area (Å²) in [6.07, 6.45) is 1.43. The molecule has 29 heavy (non-hydrogen) atoms. The summed E-state index contributed by atoms with van der Waals surface area (Å²) in [7, 11) is 0. The van der Waals surface area contributed by atoms with E-state index in [9.17, 15) is 4.79 Å². The molecule has 0 fully saturated rings. The first-order chi connectivity index (χ1) is 13.7. The number of carbonyl (C=O) groups excluding carboxylic acids is 1. The predicted molar refractivity (Wildman–Crippen MR) is 113 cm³/mol. The van der Waals surface area contributed by atoms with Crippen LogP contribution in [0.3, 0.4) is 0 Å². The van der Waals surface area contributed by atoms with Gasteiger partial charge in [-0.25, -0.2) is 9.78 Å². The molecule has 1 amide bonds. The third kappa shape index (κ3) is 3.63. The minimum Gasteiger partial charge on any atom is -0.444 e. The fourth-order valence-electron chi connectivity index (χ4n) is 3.14. The second-order valence-corrected chi connectivity index (χ2v) is 8.04. The monoisotopic (exact) mass is 389 g/mol. The molecule has 1 aromatic carbocycles. The molecule has 0 atom stereocenters. The van der Waals surface area contributed by atoms with Gasteiger partial charge in [0.1, 0.15) is 11.3 Å². The highest BCUT2D eigenvalue weighted by Gasteiger charge is 2.18. The summed E-state index contributed by atoms with van der Waals surface area (Å²) in [6.45, 7) is 9.55. The molecule has 4 rings (SSSR count). The van der Waals surface area contributed by atoms with E-state index in [0.29, 0.717) is 22.7 Å². The van der Waals surface area contributed by atoms with Crippen molar-refractivity contribution in [2.24, 2.45) is 0 Å². The van der Waals surface area contributed by atoms with Gasteiger partial charge in [0.25, 0.3) is 0 Å². The van der Waals surface area contributed by atoms with Crippen LogP contribution < -0.4 is 5.32 Å². The molecule has 0 aliphatic rings. The first-order valence-corrected chi connectivity index (χ1v) is 9.44. The molecular weight excluding hydrogens is 366 g/mol. The zero-order valence-corrected chi connectivity index (χ0v) is 17.1. The average Bonchev–Trinajstić information content (AvgIpc) is 3.08. The van der Waals surface area contributed by atoms with Crippen LogP contribution in [0, 0.1) is 13.8 Å². The summed E-state index contributed by atoms with van der Waals surface area (Å²) in [5, 5.41) is 12.4. The Labute approximate surface area is 168 Å². The Kier molecular flexibility index (Phi) is 4.45. The van der Waals surface area contributed by atoms with E-state index >= 15 is 0 Å². The van der Waals surface area contributed by atoms with Crippen LogP contribution in [0.15, 0.2) is 42.6 Å². The highest BCUT2D eigenvalue weighted by molar-refractivity contribution is 5.98. The molecule has 3 heterocycles. The maximum atomic E-state index is 12.2. The molecule has 7 heteroatoms. The molecule has 0 unspecified atom stereocenters. The number of aromatic nitrogens is 4. The Morgan fingerprint density at radius 1 is 1.07 bits per heavy atom. The van der Waals surface area contributed by atoms with E-state index in [1.807, 2.05) is 75.5 Å². The number of anilines is 1. The number of pyridine rings is 2. The highest BCUT2D eigenvalue weighted by Crippen LogP contribution is 2.27. The van der Waals surface area contributed by atoms with Crippen LogP contribution in [0.25, 0.3) is 28.1 Å².